The van der Waals surface area contributed by atoms with E-state index in [9.17, 15) is 4.79 Å². The molecule has 0 aliphatic rings. The van der Waals surface area contributed by atoms with E-state index in [4.69, 9.17) is 16.3 Å². The van der Waals surface area contributed by atoms with Crippen LogP contribution in [-0.4, -0.2) is 44.9 Å². The molecule has 3 heterocycles. The number of aromatic amines is 1. The molecule has 0 fully saturated rings. The molecular formula is C22H26N10O2. The van der Waals surface area contributed by atoms with Crippen LogP contribution >= 0.6 is 0 Å². The maximum absolute atomic E-state index is 12.8. The summed E-state index contributed by atoms with van der Waals surface area (Å²) in [6.07, 6.45) is 1.71. The van der Waals surface area contributed by atoms with Gasteiger partial charge in [0.2, 0.25) is 0 Å². The number of nitrogens with zero attached hydrogens (tertiary/aromatic N) is 5. The van der Waals surface area contributed by atoms with E-state index >= 15 is 0 Å². The number of pyridine rings is 2. The van der Waals surface area contributed by atoms with Crippen LogP contribution < -0.4 is 32.5 Å². The molecule has 12 heteroatoms. The molecule has 0 aliphatic carbocycles. The van der Waals surface area contributed by atoms with Crippen molar-refractivity contribution in [2.24, 2.45) is 23.7 Å². The van der Waals surface area contributed by atoms with E-state index in [-0.39, 0.29) is 11.4 Å². The van der Waals surface area contributed by atoms with Crippen LogP contribution in [-0.2, 0) is 7.05 Å². The number of aromatic nitrogens is 4. The summed E-state index contributed by atoms with van der Waals surface area (Å²) in [6.45, 7) is 1.97. The molecule has 4 aromatic rings. The lowest BCUT2D eigenvalue weighted by atomic mass is 10.1. The highest BCUT2D eigenvalue weighted by atomic mass is 16.5. The second kappa shape index (κ2) is 9.11. The molecule has 176 valence electrons. The third kappa shape index (κ3) is 4.47. The summed E-state index contributed by atoms with van der Waals surface area (Å²) in [6, 6.07) is 10.9. The van der Waals surface area contributed by atoms with E-state index in [0.29, 0.717) is 45.4 Å². The Balaban J connectivity index is 1.82. The van der Waals surface area contributed by atoms with Crippen LogP contribution in [0.15, 0.2) is 52.5 Å². The van der Waals surface area contributed by atoms with Crippen LogP contribution in [0.25, 0.3) is 11.0 Å². The van der Waals surface area contributed by atoms with Crippen LogP contribution in [0.3, 0.4) is 0 Å². The molecule has 0 bridgehead atoms. The average molecular weight is 463 g/mol. The first-order chi connectivity index (χ1) is 16.3. The fraction of sp³-hybridized carbons (Fsp3) is 0.182. The van der Waals surface area contributed by atoms with Crippen molar-refractivity contribution in [2.75, 3.05) is 24.8 Å². The number of nitrogens with two attached hydrogens (primary N) is 2. The largest absolute Gasteiger partial charge is 0.494 e. The number of anilines is 4. The molecule has 1 aromatic carbocycles. The average Bonchev–Trinajstić information content (AvgIpc) is 3.06. The minimum Gasteiger partial charge on any atom is -0.494 e. The van der Waals surface area contributed by atoms with E-state index < -0.39 is 0 Å². The Morgan fingerprint density at radius 1 is 1.21 bits per heavy atom. The second-order valence-corrected chi connectivity index (χ2v) is 7.67. The fourth-order valence-electron chi connectivity index (χ4n) is 3.54. The zero-order valence-corrected chi connectivity index (χ0v) is 19.2. The summed E-state index contributed by atoms with van der Waals surface area (Å²) >= 11 is 0. The first-order valence-electron chi connectivity index (χ1n) is 10.3. The number of aryl methyl sites for hydroxylation is 2. The Morgan fingerprint density at radius 3 is 2.71 bits per heavy atom. The lowest BCUT2D eigenvalue weighted by molar-refractivity contribution is 0.371. The van der Waals surface area contributed by atoms with Crippen LogP contribution in [0, 0.1) is 6.92 Å². The third-order valence-electron chi connectivity index (χ3n) is 5.01. The van der Waals surface area contributed by atoms with Crippen molar-refractivity contribution in [3.8, 4) is 5.75 Å². The summed E-state index contributed by atoms with van der Waals surface area (Å²) in [5.41, 5.74) is 8.98. The first kappa shape index (κ1) is 22.6. The van der Waals surface area contributed by atoms with Gasteiger partial charge in [0.25, 0.3) is 5.56 Å². The SMILES string of the molecule is COc1c(Nc2cc(Nc3cc(C)ccn3)nc3[nH]n(C)c(=O)c23)cccc1/C(N)=N/N(C)N. The molecule has 0 unspecified atom stereocenters. The van der Waals surface area contributed by atoms with Gasteiger partial charge in [-0.15, -0.1) is 5.10 Å². The van der Waals surface area contributed by atoms with Gasteiger partial charge in [0.1, 0.15) is 17.0 Å². The predicted octanol–water partition coefficient (Wildman–Crippen LogP) is 1.89. The summed E-state index contributed by atoms with van der Waals surface area (Å²) in [5, 5.41) is 15.0. The number of H-pyrrole nitrogens is 1. The molecule has 0 amide bonds. The standard InChI is InChI=1S/C22H26N10O2/c1-12-8-9-25-16(10-12)27-17-11-15(18-21(28-17)30-31(2)22(18)33)26-14-7-5-6-13(19(14)34-4)20(23)29-32(3)24/h5-11H,24H2,1-4H3,(H2,23,29)(H3,25,26,27,28,30). The highest BCUT2D eigenvalue weighted by Gasteiger charge is 2.18. The Labute approximate surface area is 195 Å². The molecule has 0 saturated heterocycles. The third-order valence-corrected chi connectivity index (χ3v) is 5.01. The molecule has 3 aromatic heterocycles. The maximum Gasteiger partial charge on any atom is 0.277 e. The number of ether oxygens (including phenoxy) is 1. The van der Waals surface area contributed by atoms with E-state index in [1.165, 1.54) is 11.8 Å². The topological polar surface area (TPSA) is 164 Å². The Morgan fingerprint density at radius 2 is 2.00 bits per heavy atom. The van der Waals surface area contributed by atoms with Crippen molar-refractivity contribution >= 4 is 39.9 Å². The van der Waals surface area contributed by atoms with Gasteiger partial charge in [0.15, 0.2) is 17.2 Å². The van der Waals surface area contributed by atoms with Gasteiger partial charge in [-0.3, -0.25) is 14.6 Å². The Hall–Kier alpha value is -4.58. The Bertz CT molecular complexity index is 1440. The predicted molar refractivity (Wildman–Crippen MR) is 133 cm³/mol. The first-order valence-corrected chi connectivity index (χ1v) is 10.3. The number of amidine groups is 1. The summed E-state index contributed by atoms with van der Waals surface area (Å²) in [5.74, 6) is 7.35. The number of rotatable bonds is 7. The fourth-order valence-corrected chi connectivity index (χ4v) is 3.54. The second-order valence-electron chi connectivity index (χ2n) is 7.67. The van der Waals surface area contributed by atoms with Gasteiger partial charge in [0, 0.05) is 26.4 Å². The molecule has 34 heavy (non-hydrogen) atoms. The van der Waals surface area contributed by atoms with Crippen LogP contribution in [0.4, 0.5) is 23.0 Å². The van der Waals surface area contributed by atoms with Crippen molar-refractivity contribution in [1.29, 1.82) is 0 Å². The van der Waals surface area contributed by atoms with E-state index in [1.807, 2.05) is 19.1 Å². The molecule has 4 rings (SSSR count). The lowest BCUT2D eigenvalue weighted by Crippen LogP contribution is -2.26. The van der Waals surface area contributed by atoms with Gasteiger partial charge in [-0.1, -0.05) is 6.07 Å². The molecule has 0 saturated carbocycles. The van der Waals surface area contributed by atoms with Crippen molar-refractivity contribution in [2.45, 2.75) is 6.92 Å². The zero-order chi connectivity index (χ0) is 24.4. The highest BCUT2D eigenvalue weighted by Crippen LogP contribution is 2.34. The van der Waals surface area contributed by atoms with Gasteiger partial charge in [-0.2, -0.15) is 0 Å². The highest BCUT2D eigenvalue weighted by molar-refractivity contribution is 6.02. The minimum absolute atomic E-state index is 0.177. The number of fused-ring (bicyclic) bond motifs is 1. The molecule has 0 aliphatic heterocycles. The van der Waals surface area contributed by atoms with Gasteiger partial charge in [-0.05, 0) is 36.8 Å². The Kier molecular flexibility index (Phi) is 6.06. The number of hydrogen-bond donors (Lipinski definition) is 5. The van der Waals surface area contributed by atoms with Crippen LogP contribution in [0.1, 0.15) is 11.1 Å². The van der Waals surface area contributed by atoms with Crippen molar-refractivity contribution in [3.05, 3.63) is 64.1 Å². The van der Waals surface area contributed by atoms with Gasteiger partial charge < -0.3 is 21.1 Å². The number of hydrazone groups is 1. The number of methoxy groups -OCH3 is 1. The van der Waals surface area contributed by atoms with Crippen molar-refractivity contribution < 1.29 is 4.74 Å². The molecule has 12 nitrogen and oxygen atoms in total. The molecule has 0 spiro atoms. The number of hydrazine groups is 1. The molecule has 0 radical (unpaired) electrons. The van der Waals surface area contributed by atoms with Gasteiger partial charge in [0.05, 0.1) is 24.0 Å². The summed E-state index contributed by atoms with van der Waals surface area (Å²) in [7, 11) is 4.72. The minimum atomic E-state index is -0.230. The van der Waals surface area contributed by atoms with Crippen molar-refractivity contribution in [3.63, 3.8) is 0 Å². The van der Waals surface area contributed by atoms with E-state index in [2.05, 4.69) is 30.8 Å². The zero-order valence-electron chi connectivity index (χ0n) is 19.2. The number of nitrogens with one attached hydrogen (secondary N) is 3. The van der Waals surface area contributed by atoms with E-state index in [0.717, 1.165) is 10.7 Å². The number of para-hydroxylation sites is 1. The lowest BCUT2D eigenvalue weighted by Gasteiger charge is -2.16. The van der Waals surface area contributed by atoms with E-state index in [1.54, 1.807) is 44.6 Å². The maximum atomic E-state index is 12.8. The van der Waals surface area contributed by atoms with Gasteiger partial charge >= 0.3 is 0 Å². The normalized spacial score (nSPS) is 11.5. The summed E-state index contributed by atoms with van der Waals surface area (Å²) in [4.78, 5) is 21.7. The van der Waals surface area contributed by atoms with Crippen LogP contribution in [0.5, 0.6) is 5.75 Å². The molecule has 0 atom stereocenters. The number of benzene rings is 1. The number of hydrogen-bond acceptors (Lipinski definition) is 9. The summed E-state index contributed by atoms with van der Waals surface area (Å²) < 4.78 is 6.99. The quantitative estimate of drug-likeness (QED) is 0.119. The smallest absolute Gasteiger partial charge is 0.277 e. The van der Waals surface area contributed by atoms with Gasteiger partial charge in [-0.25, -0.2) is 20.9 Å². The van der Waals surface area contributed by atoms with Crippen LogP contribution in [0.2, 0.25) is 0 Å². The molecule has 7 N–H and O–H groups in total. The monoisotopic (exact) mass is 462 g/mol. The van der Waals surface area contributed by atoms with Crippen molar-refractivity contribution in [1.82, 2.24) is 24.9 Å². The molecular weight excluding hydrogens is 436 g/mol.